The molecule has 2 unspecified atom stereocenters. The maximum Gasteiger partial charge on any atom is 0.305 e. The third-order valence-corrected chi connectivity index (χ3v) is 16.5. The van der Waals surface area contributed by atoms with Crippen molar-refractivity contribution in [1.82, 2.24) is 5.32 Å². The van der Waals surface area contributed by atoms with Crippen LogP contribution in [0, 0.1) is 0 Å². The molecule has 0 aromatic rings. The number of hydrogen-bond donors (Lipinski definition) is 3. The summed E-state index contributed by atoms with van der Waals surface area (Å²) in [4.78, 5) is 24.5. The summed E-state index contributed by atoms with van der Waals surface area (Å²) in [5, 5.41) is 23.2. The standard InChI is InChI=1S/C71H137NO5/c1-3-5-7-9-11-13-15-17-37-40-43-47-51-55-59-63-69(74)68(67-73)72-70(75)64-60-56-52-48-44-41-38-35-33-31-29-27-25-23-21-19-18-20-22-24-26-28-30-32-34-36-39-42-46-50-54-58-62-66-77-71(76)65-61-57-53-49-45-16-14-12-10-8-6-4-2/h12,14,59,63,68-69,73-74H,3-11,13,15-58,60-62,64-67H2,1-2H3,(H,72,75)/b14-12-,63-59+. The number of rotatable bonds is 66. The first kappa shape index (κ1) is 75.3. The lowest BCUT2D eigenvalue weighted by Crippen LogP contribution is -2.45. The van der Waals surface area contributed by atoms with Gasteiger partial charge in [-0.05, 0) is 57.8 Å². The molecule has 0 aromatic carbocycles. The van der Waals surface area contributed by atoms with Gasteiger partial charge >= 0.3 is 5.97 Å². The molecule has 0 heterocycles. The highest BCUT2D eigenvalue weighted by atomic mass is 16.5. The highest BCUT2D eigenvalue weighted by Gasteiger charge is 2.18. The van der Waals surface area contributed by atoms with Crippen LogP contribution in [-0.4, -0.2) is 47.4 Å². The Labute approximate surface area is 481 Å². The van der Waals surface area contributed by atoms with E-state index in [2.05, 4.69) is 31.3 Å². The zero-order valence-corrected chi connectivity index (χ0v) is 52.2. The van der Waals surface area contributed by atoms with E-state index in [1.54, 1.807) is 6.08 Å². The molecule has 456 valence electrons. The van der Waals surface area contributed by atoms with Crippen LogP contribution < -0.4 is 5.32 Å². The van der Waals surface area contributed by atoms with Gasteiger partial charge in [0.2, 0.25) is 5.91 Å². The number of nitrogens with one attached hydrogen (secondary N) is 1. The Hall–Kier alpha value is -1.66. The van der Waals surface area contributed by atoms with Gasteiger partial charge in [-0.1, -0.05) is 346 Å². The quantitative estimate of drug-likeness (QED) is 0.0320. The van der Waals surface area contributed by atoms with E-state index in [4.69, 9.17) is 4.74 Å². The molecule has 0 saturated carbocycles. The van der Waals surface area contributed by atoms with Gasteiger partial charge in [-0.25, -0.2) is 0 Å². The van der Waals surface area contributed by atoms with Crippen LogP contribution >= 0.6 is 0 Å². The Morgan fingerprint density at radius 3 is 0.948 bits per heavy atom. The Morgan fingerprint density at radius 2 is 0.610 bits per heavy atom. The predicted octanol–water partition coefficient (Wildman–Crippen LogP) is 22.5. The van der Waals surface area contributed by atoms with E-state index in [1.807, 2.05) is 6.08 Å². The summed E-state index contributed by atoms with van der Waals surface area (Å²) in [6.45, 7) is 4.91. The van der Waals surface area contributed by atoms with Gasteiger partial charge in [0.1, 0.15) is 0 Å². The summed E-state index contributed by atoms with van der Waals surface area (Å²) in [7, 11) is 0. The molecule has 6 heteroatoms. The maximum absolute atomic E-state index is 12.5. The number of amides is 1. The van der Waals surface area contributed by atoms with Crippen molar-refractivity contribution in [3.8, 4) is 0 Å². The first-order valence-corrected chi connectivity index (χ1v) is 35.1. The van der Waals surface area contributed by atoms with Crippen molar-refractivity contribution in [3.63, 3.8) is 0 Å². The van der Waals surface area contributed by atoms with Crippen molar-refractivity contribution in [1.29, 1.82) is 0 Å². The first-order valence-electron chi connectivity index (χ1n) is 35.1. The summed E-state index contributed by atoms with van der Waals surface area (Å²) in [5.41, 5.74) is 0. The molecular weight excluding hydrogens is 947 g/mol. The summed E-state index contributed by atoms with van der Waals surface area (Å²) in [6, 6.07) is -0.623. The average molecular weight is 1080 g/mol. The number of esters is 1. The van der Waals surface area contributed by atoms with Crippen molar-refractivity contribution in [2.24, 2.45) is 0 Å². The normalized spacial score (nSPS) is 12.6. The maximum atomic E-state index is 12.5. The molecule has 0 rings (SSSR count). The molecule has 0 bridgehead atoms. The van der Waals surface area contributed by atoms with Gasteiger partial charge in [0, 0.05) is 12.8 Å². The van der Waals surface area contributed by atoms with Crippen LogP contribution in [0.15, 0.2) is 24.3 Å². The van der Waals surface area contributed by atoms with E-state index in [1.165, 1.54) is 321 Å². The number of hydrogen-bond acceptors (Lipinski definition) is 5. The molecule has 0 saturated heterocycles. The van der Waals surface area contributed by atoms with Crippen molar-refractivity contribution < 1.29 is 24.5 Å². The minimum atomic E-state index is -0.840. The van der Waals surface area contributed by atoms with E-state index in [9.17, 15) is 19.8 Å². The van der Waals surface area contributed by atoms with Crippen LogP contribution in [0.5, 0.6) is 0 Å². The van der Waals surface area contributed by atoms with Crippen LogP contribution in [0.3, 0.4) is 0 Å². The van der Waals surface area contributed by atoms with Gasteiger partial charge in [0.05, 0.1) is 25.4 Å². The van der Waals surface area contributed by atoms with E-state index in [-0.39, 0.29) is 18.5 Å². The van der Waals surface area contributed by atoms with E-state index in [0.717, 1.165) is 44.9 Å². The number of allylic oxidation sites excluding steroid dienone is 3. The van der Waals surface area contributed by atoms with Gasteiger partial charge < -0.3 is 20.3 Å². The van der Waals surface area contributed by atoms with Crippen molar-refractivity contribution in [2.45, 2.75) is 405 Å². The van der Waals surface area contributed by atoms with Gasteiger partial charge in [-0.15, -0.1) is 0 Å². The van der Waals surface area contributed by atoms with Gasteiger partial charge in [-0.3, -0.25) is 9.59 Å². The fourth-order valence-electron chi connectivity index (χ4n) is 11.1. The molecule has 77 heavy (non-hydrogen) atoms. The Bertz CT molecular complexity index is 1200. The molecule has 0 aliphatic carbocycles. The average Bonchev–Trinajstić information content (AvgIpc) is 3.43. The number of carbonyl (C=O) groups excluding carboxylic acids is 2. The molecule has 0 spiro atoms. The summed E-state index contributed by atoms with van der Waals surface area (Å²) >= 11 is 0. The molecule has 0 aliphatic heterocycles. The number of aliphatic hydroxyl groups is 2. The lowest BCUT2D eigenvalue weighted by atomic mass is 10.0. The lowest BCUT2D eigenvalue weighted by Gasteiger charge is -2.20. The summed E-state index contributed by atoms with van der Waals surface area (Å²) in [6.07, 6.45) is 84.1. The van der Waals surface area contributed by atoms with Gasteiger partial charge in [0.25, 0.3) is 0 Å². The van der Waals surface area contributed by atoms with E-state index < -0.39 is 12.1 Å². The third kappa shape index (κ3) is 63.4. The van der Waals surface area contributed by atoms with E-state index in [0.29, 0.717) is 19.4 Å². The van der Waals surface area contributed by atoms with Crippen LogP contribution in [0.2, 0.25) is 0 Å². The minimum absolute atomic E-state index is 0.0117. The summed E-state index contributed by atoms with van der Waals surface area (Å²) < 4.78 is 5.48. The molecule has 0 aliphatic rings. The Kier molecular flexibility index (Phi) is 65.4. The smallest absolute Gasteiger partial charge is 0.305 e. The molecule has 6 nitrogen and oxygen atoms in total. The number of carbonyl (C=O) groups is 2. The second kappa shape index (κ2) is 66.8. The second-order valence-corrected chi connectivity index (χ2v) is 24.2. The van der Waals surface area contributed by atoms with Crippen LogP contribution in [0.1, 0.15) is 393 Å². The zero-order valence-electron chi connectivity index (χ0n) is 52.2. The number of ether oxygens (including phenoxy) is 1. The molecule has 2 atom stereocenters. The van der Waals surface area contributed by atoms with Crippen LogP contribution in [-0.2, 0) is 14.3 Å². The SMILES string of the molecule is CCCCC/C=C\CCCCCCCC(=O)OCCCCCCCCCCCCCCCCCCCCCCCCCCCCCCCCCCCC(=O)NC(CO)C(O)/C=C/CCCCCCCCCCCCCCC. The largest absolute Gasteiger partial charge is 0.466 e. The molecule has 0 fully saturated rings. The van der Waals surface area contributed by atoms with Crippen molar-refractivity contribution in [2.75, 3.05) is 13.2 Å². The molecule has 3 N–H and O–H groups in total. The monoisotopic (exact) mass is 1080 g/mol. The minimum Gasteiger partial charge on any atom is -0.466 e. The second-order valence-electron chi connectivity index (χ2n) is 24.2. The highest BCUT2D eigenvalue weighted by molar-refractivity contribution is 5.76. The van der Waals surface area contributed by atoms with Crippen LogP contribution in [0.4, 0.5) is 0 Å². The number of unbranched alkanes of at least 4 members (excludes halogenated alkanes) is 53. The fraction of sp³-hybridized carbons (Fsp3) is 0.915. The Morgan fingerprint density at radius 1 is 0.351 bits per heavy atom. The molecule has 1 amide bonds. The number of aliphatic hydroxyl groups excluding tert-OH is 2. The first-order chi connectivity index (χ1) is 38.0. The van der Waals surface area contributed by atoms with Crippen molar-refractivity contribution >= 4 is 11.9 Å². The highest BCUT2D eigenvalue weighted by Crippen LogP contribution is 2.19. The van der Waals surface area contributed by atoms with Crippen LogP contribution in [0.25, 0.3) is 0 Å². The zero-order chi connectivity index (χ0) is 55.7. The predicted molar refractivity (Wildman–Crippen MR) is 338 cm³/mol. The fourth-order valence-corrected chi connectivity index (χ4v) is 11.1. The Balaban J connectivity index is 3.33. The lowest BCUT2D eigenvalue weighted by molar-refractivity contribution is -0.143. The topological polar surface area (TPSA) is 95.9 Å². The molecule has 0 aromatic heterocycles. The van der Waals surface area contributed by atoms with E-state index >= 15 is 0 Å². The van der Waals surface area contributed by atoms with Gasteiger partial charge in [0.15, 0.2) is 0 Å². The van der Waals surface area contributed by atoms with Crippen molar-refractivity contribution in [3.05, 3.63) is 24.3 Å². The molecular formula is C71H137NO5. The summed E-state index contributed by atoms with van der Waals surface area (Å²) in [5.74, 6) is -0.0490. The molecule has 0 radical (unpaired) electrons. The third-order valence-electron chi connectivity index (χ3n) is 16.5. The van der Waals surface area contributed by atoms with Gasteiger partial charge in [-0.2, -0.15) is 0 Å².